The van der Waals surface area contributed by atoms with Gasteiger partial charge in [-0.3, -0.25) is 9.48 Å². The molecule has 1 fully saturated rings. The van der Waals surface area contributed by atoms with E-state index >= 15 is 0 Å². The monoisotopic (exact) mass is 402 g/mol. The zero-order valence-corrected chi connectivity index (χ0v) is 17.7. The average Bonchev–Trinajstić information content (AvgIpc) is 3.10. The number of hydrogen-bond acceptors (Lipinski definition) is 3. The number of aromatic nitrogens is 2. The van der Waals surface area contributed by atoms with Gasteiger partial charge in [-0.1, -0.05) is 23.7 Å². The highest BCUT2D eigenvalue weighted by atomic mass is 35.5. The predicted molar refractivity (Wildman–Crippen MR) is 113 cm³/mol. The second-order valence-corrected chi connectivity index (χ2v) is 8.34. The maximum absolute atomic E-state index is 12.5. The lowest BCUT2D eigenvalue weighted by atomic mass is 9.97. The first-order valence-corrected chi connectivity index (χ1v) is 10.6. The summed E-state index contributed by atoms with van der Waals surface area (Å²) in [4.78, 5) is 17.0. The van der Waals surface area contributed by atoms with Crippen molar-refractivity contribution in [3.05, 3.63) is 52.8 Å². The Morgan fingerprint density at radius 3 is 2.75 bits per heavy atom. The molecular weight excluding hydrogens is 372 g/mol. The van der Waals surface area contributed by atoms with E-state index in [0.717, 1.165) is 49.7 Å². The summed E-state index contributed by atoms with van der Waals surface area (Å²) in [5.74, 6) is 0.782. The lowest BCUT2D eigenvalue weighted by Crippen LogP contribution is -2.42. The fourth-order valence-electron chi connectivity index (χ4n) is 4.00. The molecule has 1 aromatic heterocycles. The Labute approximate surface area is 173 Å². The normalized spacial score (nSPS) is 17.6. The van der Waals surface area contributed by atoms with E-state index in [1.165, 1.54) is 18.4 Å². The van der Waals surface area contributed by atoms with Crippen LogP contribution >= 0.6 is 11.6 Å². The molecule has 152 valence electrons. The quantitative estimate of drug-likeness (QED) is 0.679. The SMILES string of the molecule is CN(C[C@H]1CCCN(CCc2ccc(Cl)cc2)C1)C(=O)CCc1ccnn1C. The molecule has 6 heteroatoms. The van der Waals surface area contributed by atoms with Crippen LogP contribution in [0, 0.1) is 5.92 Å². The highest BCUT2D eigenvalue weighted by Gasteiger charge is 2.22. The molecule has 0 aliphatic carbocycles. The smallest absolute Gasteiger partial charge is 0.222 e. The van der Waals surface area contributed by atoms with Crippen molar-refractivity contribution < 1.29 is 4.79 Å². The van der Waals surface area contributed by atoms with Gasteiger partial charge in [0.25, 0.3) is 0 Å². The van der Waals surface area contributed by atoms with E-state index in [1.54, 1.807) is 6.20 Å². The van der Waals surface area contributed by atoms with Gasteiger partial charge < -0.3 is 9.80 Å². The molecule has 0 bridgehead atoms. The van der Waals surface area contributed by atoms with E-state index in [9.17, 15) is 4.79 Å². The third-order valence-electron chi connectivity index (χ3n) is 5.71. The molecule has 0 N–H and O–H groups in total. The molecule has 1 aliphatic heterocycles. The molecule has 1 aliphatic rings. The van der Waals surface area contributed by atoms with Gasteiger partial charge in [0, 0.05) is 57.1 Å². The van der Waals surface area contributed by atoms with Gasteiger partial charge in [-0.25, -0.2) is 0 Å². The number of carbonyl (C=O) groups excluding carboxylic acids is 1. The molecular formula is C22H31ClN4O. The van der Waals surface area contributed by atoms with Crippen molar-refractivity contribution in [3.8, 4) is 0 Å². The Bertz CT molecular complexity index is 758. The number of hydrogen-bond donors (Lipinski definition) is 0. The third kappa shape index (κ3) is 6.08. The molecule has 0 spiro atoms. The van der Waals surface area contributed by atoms with Crippen LogP contribution < -0.4 is 0 Å². The number of rotatable bonds is 8. The third-order valence-corrected chi connectivity index (χ3v) is 5.96. The van der Waals surface area contributed by atoms with Gasteiger partial charge in [0.05, 0.1) is 0 Å². The largest absolute Gasteiger partial charge is 0.345 e. The van der Waals surface area contributed by atoms with Gasteiger partial charge in [-0.05, 0) is 61.9 Å². The number of amides is 1. The first-order valence-electron chi connectivity index (χ1n) is 10.2. The van der Waals surface area contributed by atoms with E-state index in [4.69, 9.17) is 11.6 Å². The molecule has 5 nitrogen and oxygen atoms in total. The van der Waals surface area contributed by atoms with Gasteiger partial charge in [0.15, 0.2) is 0 Å². The van der Waals surface area contributed by atoms with Crippen LogP contribution in [0.15, 0.2) is 36.5 Å². The fourth-order valence-corrected chi connectivity index (χ4v) is 4.13. The topological polar surface area (TPSA) is 41.4 Å². The van der Waals surface area contributed by atoms with E-state index in [2.05, 4.69) is 22.1 Å². The van der Waals surface area contributed by atoms with Crippen LogP contribution in [0.5, 0.6) is 0 Å². The molecule has 1 saturated heterocycles. The van der Waals surface area contributed by atoms with Crippen LogP contribution in [-0.4, -0.2) is 58.7 Å². The van der Waals surface area contributed by atoms with Crippen LogP contribution in [0.4, 0.5) is 0 Å². The number of piperidine rings is 1. The van der Waals surface area contributed by atoms with Gasteiger partial charge in [0.1, 0.15) is 0 Å². The van der Waals surface area contributed by atoms with E-state index in [0.29, 0.717) is 12.3 Å². The summed E-state index contributed by atoms with van der Waals surface area (Å²) in [5.41, 5.74) is 2.43. The summed E-state index contributed by atoms with van der Waals surface area (Å²) < 4.78 is 1.84. The summed E-state index contributed by atoms with van der Waals surface area (Å²) in [5, 5.41) is 4.95. The van der Waals surface area contributed by atoms with Gasteiger partial charge >= 0.3 is 0 Å². The molecule has 0 radical (unpaired) electrons. The van der Waals surface area contributed by atoms with Crippen molar-refractivity contribution in [2.24, 2.45) is 13.0 Å². The maximum Gasteiger partial charge on any atom is 0.222 e. The Kier molecular flexibility index (Phi) is 7.51. The lowest BCUT2D eigenvalue weighted by molar-refractivity contribution is -0.130. The maximum atomic E-state index is 12.5. The number of carbonyl (C=O) groups is 1. The van der Waals surface area contributed by atoms with E-state index in [1.807, 2.05) is 41.9 Å². The minimum absolute atomic E-state index is 0.222. The van der Waals surface area contributed by atoms with Crippen molar-refractivity contribution >= 4 is 17.5 Å². The minimum Gasteiger partial charge on any atom is -0.345 e. The number of likely N-dealkylation sites (tertiary alicyclic amines) is 1. The molecule has 1 amide bonds. The molecule has 1 atom stereocenters. The molecule has 2 aromatic rings. The first-order chi connectivity index (χ1) is 13.5. The fraction of sp³-hybridized carbons (Fsp3) is 0.545. The van der Waals surface area contributed by atoms with Crippen molar-refractivity contribution in [3.63, 3.8) is 0 Å². The average molecular weight is 403 g/mol. The molecule has 28 heavy (non-hydrogen) atoms. The number of aryl methyl sites for hydroxylation is 2. The van der Waals surface area contributed by atoms with Gasteiger partial charge in [0.2, 0.25) is 5.91 Å². The number of benzene rings is 1. The summed E-state index contributed by atoms with van der Waals surface area (Å²) in [7, 11) is 3.86. The van der Waals surface area contributed by atoms with E-state index in [-0.39, 0.29) is 5.91 Å². The van der Waals surface area contributed by atoms with Crippen LogP contribution in [0.2, 0.25) is 5.02 Å². The van der Waals surface area contributed by atoms with Crippen molar-refractivity contribution in [2.45, 2.75) is 32.1 Å². The Morgan fingerprint density at radius 2 is 2.04 bits per heavy atom. The first kappa shape index (κ1) is 20.9. The predicted octanol–water partition coefficient (Wildman–Crippen LogP) is 3.42. The van der Waals surface area contributed by atoms with Gasteiger partial charge in [-0.2, -0.15) is 5.10 Å². The number of halogens is 1. The standard InChI is InChI=1S/C22H31ClN4O/c1-25(22(28)10-9-21-11-13-24-26(21)2)16-19-4-3-14-27(17-19)15-12-18-5-7-20(23)8-6-18/h5-8,11,13,19H,3-4,9-10,12,14-17H2,1-2H3/t19-/m1/s1. The Balaban J connectivity index is 1.41. The van der Waals surface area contributed by atoms with Crippen molar-refractivity contribution in [2.75, 3.05) is 33.2 Å². The highest BCUT2D eigenvalue weighted by molar-refractivity contribution is 6.30. The summed E-state index contributed by atoms with van der Waals surface area (Å²) >= 11 is 5.97. The summed E-state index contributed by atoms with van der Waals surface area (Å²) in [6.45, 7) is 4.15. The molecule has 3 rings (SSSR count). The summed E-state index contributed by atoms with van der Waals surface area (Å²) in [6.07, 6.45) is 6.53. The van der Waals surface area contributed by atoms with Gasteiger partial charge in [-0.15, -0.1) is 0 Å². The Morgan fingerprint density at radius 1 is 1.25 bits per heavy atom. The van der Waals surface area contributed by atoms with Crippen molar-refractivity contribution in [1.82, 2.24) is 19.6 Å². The highest BCUT2D eigenvalue weighted by Crippen LogP contribution is 2.19. The molecule has 0 unspecified atom stereocenters. The van der Waals surface area contributed by atoms with Crippen LogP contribution in [0.1, 0.15) is 30.5 Å². The molecule has 2 heterocycles. The Hall–Kier alpha value is -1.85. The van der Waals surface area contributed by atoms with Crippen LogP contribution in [0.25, 0.3) is 0 Å². The second kappa shape index (κ2) is 10.1. The lowest BCUT2D eigenvalue weighted by Gasteiger charge is -2.34. The molecule has 1 aromatic carbocycles. The van der Waals surface area contributed by atoms with Crippen LogP contribution in [0.3, 0.4) is 0 Å². The molecule has 0 saturated carbocycles. The van der Waals surface area contributed by atoms with Crippen LogP contribution in [-0.2, 0) is 24.7 Å². The zero-order chi connectivity index (χ0) is 19.9. The summed E-state index contributed by atoms with van der Waals surface area (Å²) in [6, 6.07) is 10.1. The second-order valence-electron chi connectivity index (χ2n) is 7.91. The minimum atomic E-state index is 0.222. The van der Waals surface area contributed by atoms with Crippen molar-refractivity contribution in [1.29, 1.82) is 0 Å². The zero-order valence-electron chi connectivity index (χ0n) is 17.0. The van der Waals surface area contributed by atoms with E-state index < -0.39 is 0 Å². The number of nitrogens with zero attached hydrogens (tertiary/aromatic N) is 4.